The number of anilines is 1. The van der Waals surface area contributed by atoms with Crippen LogP contribution in [0.2, 0.25) is 0 Å². The smallest absolute Gasteiger partial charge is 0.338 e. The fourth-order valence-corrected chi connectivity index (χ4v) is 2.17. The number of rotatable bonds is 4. The van der Waals surface area contributed by atoms with E-state index in [9.17, 15) is 14.0 Å². The average Bonchev–Trinajstić information content (AvgIpc) is 2.91. The number of hydrogen-bond donors (Lipinski definition) is 2. The Morgan fingerprint density at radius 2 is 2.24 bits per heavy atom. The largest absolute Gasteiger partial charge is 0.478 e. The highest BCUT2D eigenvalue weighted by Gasteiger charge is 2.14. The van der Waals surface area contributed by atoms with Gasteiger partial charge in [0.25, 0.3) is 0 Å². The van der Waals surface area contributed by atoms with Crippen molar-refractivity contribution >= 4 is 29.0 Å². The monoisotopic (exact) mass is 309 g/mol. The van der Waals surface area contributed by atoms with Crippen LogP contribution >= 0.6 is 11.3 Å². The van der Waals surface area contributed by atoms with Crippen LogP contribution < -0.4 is 5.32 Å². The number of halogens is 1. The number of hydrogen-bond acceptors (Lipinski definition) is 4. The van der Waals surface area contributed by atoms with Crippen LogP contribution in [0.25, 0.3) is 0 Å². The van der Waals surface area contributed by atoms with Crippen LogP contribution in [0.4, 0.5) is 14.9 Å². The van der Waals surface area contributed by atoms with Gasteiger partial charge in [0.1, 0.15) is 5.82 Å². The molecule has 0 aliphatic heterocycles. The first-order chi connectivity index (χ1) is 9.97. The fraction of sp³-hybridized carbons (Fsp3) is 0.154. The van der Waals surface area contributed by atoms with Crippen molar-refractivity contribution in [3.63, 3.8) is 0 Å². The van der Waals surface area contributed by atoms with Crippen LogP contribution in [0.15, 0.2) is 29.1 Å². The van der Waals surface area contributed by atoms with Gasteiger partial charge in [0.05, 0.1) is 23.3 Å². The number of nitrogens with zero attached hydrogens (tertiary/aromatic N) is 2. The molecule has 0 unspecified atom stereocenters. The van der Waals surface area contributed by atoms with Crippen LogP contribution in [0, 0.1) is 5.82 Å². The maximum Gasteiger partial charge on any atom is 0.338 e. The fourth-order valence-electron chi connectivity index (χ4n) is 1.62. The van der Waals surface area contributed by atoms with E-state index in [0.717, 1.165) is 17.8 Å². The zero-order chi connectivity index (χ0) is 15.4. The lowest BCUT2D eigenvalue weighted by atomic mass is 10.2. The van der Waals surface area contributed by atoms with Gasteiger partial charge in [-0.05, 0) is 18.2 Å². The van der Waals surface area contributed by atoms with E-state index in [1.54, 1.807) is 12.6 Å². The van der Waals surface area contributed by atoms with E-state index in [4.69, 9.17) is 5.11 Å². The molecule has 1 aromatic carbocycles. The summed E-state index contributed by atoms with van der Waals surface area (Å²) in [5.74, 6) is -2.26. The number of urea groups is 1. The molecule has 2 rings (SSSR count). The topological polar surface area (TPSA) is 82.5 Å². The van der Waals surface area contributed by atoms with Crippen LogP contribution in [-0.2, 0) is 6.54 Å². The summed E-state index contributed by atoms with van der Waals surface area (Å²) in [4.78, 5) is 28.1. The van der Waals surface area contributed by atoms with Crippen molar-refractivity contribution in [3.8, 4) is 0 Å². The predicted octanol–water partition coefficient (Wildman–Crippen LogP) is 2.64. The summed E-state index contributed by atoms with van der Waals surface area (Å²) in [5.41, 5.74) is 2.17. The van der Waals surface area contributed by atoms with Crippen molar-refractivity contribution in [1.29, 1.82) is 0 Å². The lowest BCUT2D eigenvalue weighted by Crippen LogP contribution is -2.31. The Morgan fingerprint density at radius 1 is 1.48 bits per heavy atom. The lowest BCUT2D eigenvalue weighted by Gasteiger charge is -2.17. The number of aromatic carboxylic acids is 1. The minimum absolute atomic E-state index is 0.188. The molecule has 1 aromatic heterocycles. The Hall–Kier alpha value is -2.48. The molecule has 0 fully saturated rings. The van der Waals surface area contributed by atoms with E-state index in [2.05, 4.69) is 10.3 Å². The van der Waals surface area contributed by atoms with Gasteiger partial charge >= 0.3 is 12.0 Å². The lowest BCUT2D eigenvalue weighted by molar-refractivity contribution is 0.0692. The van der Waals surface area contributed by atoms with Gasteiger partial charge < -0.3 is 15.3 Å². The minimum atomic E-state index is -1.36. The summed E-state index contributed by atoms with van der Waals surface area (Å²) in [5, 5.41) is 13.0. The SMILES string of the molecule is CN(Cc1cscn1)C(=O)Nc1ccc(C(=O)O)c(F)c1. The van der Waals surface area contributed by atoms with Crippen LogP contribution in [0.3, 0.4) is 0 Å². The molecule has 21 heavy (non-hydrogen) atoms. The van der Waals surface area contributed by atoms with Gasteiger partial charge in [-0.1, -0.05) is 0 Å². The predicted molar refractivity (Wildman–Crippen MR) is 76.0 cm³/mol. The number of benzene rings is 1. The molecule has 0 saturated heterocycles. The zero-order valence-electron chi connectivity index (χ0n) is 11.0. The molecule has 0 radical (unpaired) electrons. The second kappa shape index (κ2) is 6.31. The van der Waals surface area contributed by atoms with Crippen LogP contribution in [0.1, 0.15) is 16.1 Å². The molecule has 1 heterocycles. The molecular weight excluding hydrogens is 297 g/mol. The van der Waals surface area contributed by atoms with E-state index in [-0.39, 0.29) is 5.69 Å². The highest BCUT2D eigenvalue weighted by molar-refractivity contribution is 7.07. The Labute approximate surface area is 123 Å². The van der Waals surface area contributed by atoms with Gasteiger partial charge in [0, 0.05) is 18.1 Å². The minimum Gasteiger partial charge on any atom is -0.478 e. The third-order valence-electron chi connectivity index (χ3n) is 2.68. The quantitative estimate of drug-likeness (QED) is 0.909. The van der Waals surface area contributed by atoms with Gasteiger partial charge in [0.15, 0.2) is 0 Å². The molecule has 2 aromatic rings. The molecule has 0 saturated carbocycles. The summed E-state index contributed by atoms with van der Waals surface area (Å²) in [6, 6.07) is 2.97. The zero-order valence-corrected chi connectivity index (χ0v) is 11.9. The number of carboxylic acids is 1. The first-order valence-electron chi connectivity index (χ1n) is 5.89. The standard InChI is InChI=1S/C13H12FN3O3S/c1-17(5-9-6-21-7-15-9)13(20)16-8-2-3-10(12(18)19)11(14)4-8/h2-4,6-7H,5H2,1H3,(H,16,20)(H,18,19). The van der Waals surface area contributed by atoms with E-state index in [1.165, 1.54) is 22.3 Å². The maximum absolute atomic E-state index is 13.5. The van der Waals surface area contributed by atoms with Crippen molar-refractivity contribution in [2.75, 3.05) is 12.4 Å². The number of carbonyl (C=O) groups excluding carboxylic acids is 1. The average molecular weight is 309 g/mol. The Balaban J connectivity index is 2.02. The molecule has 0 aliphatic rings. The molecule has 0 atom stereocenters. The van der Waals surface area contributed by atoms with Crippen molar-refractivity contribution in [2.45, 2.75) is 6.54 Å². The number of aromatic nitrogens is 1. The van der Waals surface area contributed by atoms with Crippen LogP contribution in [0.5, 0.6) is 0 Å². The second-order valence-corrected chi connectivity index (χ2v) is 4.98. The highest BCUT2D eigenvalue weighted by Crippen LogP contribution is 2.15. The number of amides is 2. The molecule has 2 amide bonds. The Morgan fingerprint density at radius 3 is 2.81 bits per heavy atom. The first kappa shape index (κ1) is 14.9. The normalized spacial score (nSPS) is 10.2. The van der Waals surface area contributed by atoms with Crippen molar-refractivity contribution in [1.82, 2.24) is 9.88 Å². The third-order valence-corrected chi connectivity index (χ3v) is 3.32. The van der Waals surface area contributed by atoms with Gasteiger partial charge in [0.2, 0.25) is 0 Å². The second-order valence-electron chi connectivity index (χ2n) is 4.27. The van der Waals surface area contributed by atoms with Gasteiger partial charge in [-0.3, -0.25) is 0 Å². The molecule has 2 N–H and O–H groups in total. The number of nitrogens with one attached hydrogen (secondary N) is 1. The third kappa shape index (κ3) is 3.76. The van der Waals surface area contributed by atoms with E-state index in [1.807, 2.05) is 5.38 Å². The summed E-state index contributed by atoms with van der Waals surface area (Å²) in [6.07, 6.45) is 0. The maximum atomic E-state index is 13.5. The van der Waals surface area contributed by atoms with Gasteiger partial charge in [-0.15, -0.1) is 11.3 Å². The summed E-state index contributed by atoms with van der Waals surface area (Å²) >= 11 is 1.43. The number of carboxylic acid groups (broad SMARTS) is 1. The molecule has 6 nitrogen and oxygen atoms in total. The van der Waals surface area contributed by atoms with E-state index in [0.29, 0.717) is 6.54 Å². The highest BCUT2D eigenvalue weighted by atomic mass is 32.1. The number of thiazole rings is 1. The van der Waals surface area contributed by atoms with E-state index >= 15 is 0 Å². The van der Waals surface area contributed by atoms with Crippen molar-refractivity contribution in [3.05, 3.63) is 46.2 Å². The van der Waals surface area contributed by atoms with Crippen molar-refractivity contribution < 1.29 is 19.1 Å². The molecule has 0 bridgehead atoms. The molecule has 8 heteroatoms. The summed E-state index contributed by atoms with van der Waals surface area (Å²) in [6.45, 7) is 0.324. The summed E-state index contributed by atoms with van der Waals surface area (Å²) < 4.78 is 13.5. The molecule has 110 valence electrons. The van der Waals surface area contributed by atoms with Gasteiger partial charge in [-0.25, -0.2) is 19.0 Å². The summed E-state index contributed by atoms with van der Waals surface area (Å²) in [7, 11) is 1.58. The Kier molecular flexibility index (Phi) is 4.49. The Bertz CT molecular complexity index is 661. The van der Waals surface area contributed by atoms with E-state index < -0.39 is 23.4 Å². The van der Waals surface area contributed by atoms with Crippen LogP contribution in [-0.4, -0.2) is 34.0 Å². The molecule has 0 spiro atoms. The van der Waals surface area contributed by atoms with Crippen molar-refractivity contribution in [2.24, 2.45) is 0 Å². The molecule has 0 aliphatic carbocycles. The first-order valence-corrected chi connectivity index (χ1v) is 6.83. The number of carbonyl (C=O) groups is 2. The van der Waals surface area contributed by atoms with Gasteiger partial charge in [-0.2, -0.15) is 0 Å². The molecular formula is C13H12FN3O3S.